The molecule has 0 spiro atoms. The van der Waals surface area contributed by atoms with Gasteiger partial charge in [0.15, 0.2) is 0 Å². The lowest BCUT2D eigenvalue weighted by Gasteiger charge is -2.05. The third-order valence-corrected chi connectivity index (χ3v) is 3.48. The third-order valence-electron chi connectivity index (χ3n) is 2.23. The number of rotatable bonds is 5. The van der Waals surface area contributed by atoms with Crippen molar-refractivity contribution < 1.29 is 4.39 Å². The van der Waals surface area contributed by atoms with Crippen molar-refractivity contribution in [3.8, 4) is 0 Å². The van der Waals surface area contributed by atoms with Gasteiger partial charge in [-0.15, -0.1) is 0 Å². The van der Waals surface area contributed by atoms with Crippen LogP contribution in [-0.2, 0) is 0 Å². The van der Waals surface area contributed by atoms with E-state index in [0.717, 1.165) is 13.0 Å². The van der Waals surface area contributed by atoms with E-state index in [-0.39, 0.29) is 10.8 Å². The van der Waals surface area contributed by atoms with Crippen molar-refractivity contribution in [2.24, 2.45) is 0 Å². The first kappa shape index (κ1) is 14.7. The first-order valence-electron chi connectivity index (χ1n) is 5.55. The molecule has 94 valence electrons. The molecule has 0 unspecified atom stereocenters. The van der Waals surface area contributed by atoms with Gasteiger partial charge >= 0.3 is 0 Å². The van der Waals surface area contributed by atoms with E-state index in [1.165, 1.54) is 0 Å². The Labute approximate surface area is 115 Å². The number of benzene rings is 1. The Morgan fingerprint density at radius 1 is 1.47 bits per heavy atom. The quantitative estimate of drug-likeness (QED) is 0.615. The first-order valence-corrected chi connectivity index (χ1v) is 6.73. The average molecular weight is 321 g/mol. The maximum absolute atomic E-state index is 13.7. The lowest BCUT2D eigenvalue weighted by atomic mass is 10.2. The van der Waals surface area contributed by atoms with Gasteiger partial charge in [0, 0.05) is 16.1 Å². The van der Waals surface area contributed by atoms with Crippen molar-refractivity contribution in [2.45, 2.75) is 26.3 Å². The predicted molar refractivity (Wildman–Crippen MR) is 75.9 cm³/mol. The van der Waals surface area contributed by atoms with Crippen molar-refractivity contribution in [1.82, 2.24) is 5.32 Å². The predicted octanol–water partition coefficient (Wildman–Crippen LogP) is 4.64. The van der Waals surface area contributed by atoms with Crippen molar-refractivity contribution in [3.63, 3.8) is 0 Å². The normalized spacial score (nSPS) is 11.6. The second kappa shape index (κ2) is 7.14. The van der Waals surface area contributed by atoms with Crippen LogP contribution in [0.1, 0.15) is 25.8 Å². The molecule has 1 nitrogen and oxygen atoms in total. The highest BCUT2D eigenvalue weighted by Gasteiger charge is 2.07. The van der Waals surface area contributed by atoms with E-state index in [1.54, 1.807) is 18.2 Å². The van der Waals surface area contributed by atoms with Crippen LogP contribution in [0.4, 0.5) is 4.39 Å². The van der Waals surface area contributed by atoms with Crippen LogP contribution in [0.5, 0.6) is 0 Å². The van der Waals surface area contributed by atoms with E-state index in [2.05, 4.69) is 35.1 Å². The Balaban J connectivity index is 2.57. The first-order chi connectivity index (χ1) is 8.02. The summed E-state index contributed by atoms with van der Waals surface area (Å²) in [6.45, 7) is 5.08. The number of hydrogen-bond donors (Lipinski definition) is 1. The molecule has 1 N–H and O–H groups in total. The molecule has 0 saturated heterocycles. The summed E-state index contributed by atoms with van der Waals surface area (Å²) in [4.78, 5) is 0. The van der Waals surface area contributed by atoms with Crippen molar-refractivity contribution >= 4 is 33.6 Å². The zero-order valence-electron chi connectivity index (χ0n) is 9.93. The maximum atomic E-state index is 13.7. The second-order valence-corrected chi connectivity index (χ2v) is 5.30. The Hall–Kier alpha value is -0.380. The van der Waals surface area contributed by atoms with Crippen LogP contribution in [0.3, 0.4) is 0 Å². The van der Waals surface area contributed by atoms with Gasteiger partial charge in [-0.05, 0) is 35.0 Å². The molecule has 0 aliphatic carbocycles. The minimum atomic E-state index is -0.380. The molecular weight excluding hydrogens is 305 g/mol. The van der Waals surface area contributed by atoms with Gasteiger partial charge in [-0.2, -0.15) is 0 Å². The van der Waals surface area contributed by atoms with Gasteiger partial charge in [0.1, 0.15) is 5.82 Å². The smallest absolute Gasteiger partial charge is 0.150 e. The largest absolute Gasteiger partial charge is 0.314 e. The summed E-state index contributed by atoms with van der Waals surface area (Å²) in [6.07, 6.45) is 4.57. The molecule has 1 aromatic rings. The minimum absolute atomic E-state index is 0.132. The van der Waals surface area contributed by atoms with E-state index in [9.17, 15) is 4.39 Å². The molecule has 0 heterocycles. The van der Waals surface area contributed by atoms with Crippen LogP contribution in [0.25, 0.3) is 6.08 Å². The molecule has 0 aliphatic rings. The molecule has 0 bridgehead atoms. The Morgan fingerprint density at radius 2 is 2.18 bits per heavy atom. The molecule has 0 aliphatic heterocycles. The Kier molecular flexibility index (Phi) is 6.17. The number of nitrogens with one attached hydrogen (secondary N) is 1. The van der Waals surface area contributed by atoms with Gasteiger partial charge in [-0.1, -0.05) is 43.7 Å². The van der Waals surface area contributed by atoms with E-state index < -0.39 is 0 Å². The van der Waals surface area contributed by atoms with Crippen LogP contribution in [0.2, 0.25) is 5.02 Å². The highest BCUT2D eigenvalue weighted by molar-refractivity contribution is 9.10. The maximum Gasteiger partial charge on any atom is 0.150 e. The van der Waals surface area contributed by atoms with Crippen molar-refractivity contribution in [2.75, 3.05) is 6.54 Å². The molecule has 1 aromatic carbocycles. The number of hydrogen-bond acceptors (Lipinski definition) is 1. The summed E-state index contributed by atoms with van der Waals surface area (Å²) in [7, 11) is 0. The van der Waals surface area contributed by atoms with Crippen molar-refractivity contribution in [3.05, 3.63) is 39.1 Å². The molecule has 0 aromatic heterocycles. The second-order valence-electron chi connectivity index (χ2n) is 4.06. The molecular formula is C13H16BrClFN. The number of halogens is 3. The molecule has 17 heavy (non-hydrogen) atoms. The molecule has 0 amide bonds. The molecule has 4 heteroatoms. The van der Waals surface area contributed by atoms with Crippen molar-refractivity contribution in [1.29, 1.82) is 0 Å². The summed E-state index contributed by atoms with van der Waals surface area (Å²) in [5.74, 6) is -0.380. The molecule has 1 rings (SSSR count). The van der Waals surface area contributed by atoms with Gasteiger partial charge in [0.05, 0.1) is 5.02 Å². The van der Waals surface area contributed by atoms with Gasteiger partial charge in [-0.25, -0.2) is 4.39 Å². The highest BCUT2D eigenvalue weighted by Crippen LogP contribution is 2.28. The standard InChI is InChI=1S/C13H16BrClFN/c1-9(2)17-8-4-3-5-10-6-7-11(14)12(15)13(10)16/h3,5-7,9,17H,4,8H2,1-2H3/b5-3+. The monoisotopic (exact) mass is 319 g/mol. The van der Waals surface area contributed by atoms with E-state index >= 15 is 0 Å². The lowest BCUT2D eigenvalue weighted by Crippen LogP contribution is -2.23. The summed E-state index contributed by atoms with van der Waals surface area (Å²) in [5.41, 5.74) is 0.516. The van der Waals surface area contributed by atoms with E-state index in [1.807, 2.05) is 6.08 Å². The molecule has 0 atom stereocenters. The zero-order valence-corrected chi connectivity index (χ0v) is 12.3. The highest BCUT2D eigenvalue weighted by atomic mass is 79.9. The lowest BCUT2D eigenvalue weighted by molar-refractivity contribution is 0.595. The van der Waals surface area contributed by atoms with Crippen LogP contribution in [0, 0.1) is 5.82 Å². The fourth-order valence-corrected chi connectivity index (χ4v) is 1.81. The van der Waals surface area contributed by atoms with Crippen LogP contribution in [-0.4, -0.2) is 12.6 Å². The minimum Gasteiger partial charge on any atom is -0.314 e. The summed E-state index contributed by atoms with van der Waals surface area (Å²) >= 11 is 8.98. The van der Waals surface area contributed by atoms with E-state index in [0.29, 0.717) is 16.1 Å². The van der Waals surface area contributed by atoms with Gasteiger partial charge < -0.3 is 5.32 Å². The van der Waals surface area contributed by atoms with Crippen LogP contribution < -0.4 is 5.32 Å². The fraction of sp³-hybridized carbons (Fsp3) is 0.385. The summed E-state index contributed by atoms with van der Waals surface area (Å²) in [5, 5.41) is 3.42. The SMILES string of the molecule is CC(C)NCC/C=C/c1ccc(Br)c(Cl)c1F. The average Bonchev–Trinajstić information content (AvgIpc) is 2.28. The van der Waals surface area contributed by atoms with Crippen LogP contribution >= 0.6 is 27.5 Å². The molecule has 0 fully saturated rings. The Bertz CT molecular complexity index is 405. The fourth-order valence-electron chi connectivity index (χ4n) is 1.34. The third kappa shape index (κ3) is 4.78. The summed E-state index contributed by atoms with van der Waals surface area (Å²) in [6, 6.07) is 3.93. The molecule has 0 saturated carbocycles. The topological polar surface area (TPSA) is 12.0 Å². The van der Waals surface area contributed by atoms with Gasteiger partial charge in [0.2, 0.25) is 0 Å². The molecule has 0 radical (unpaired) electrons. The zero-order chi connectivity index (χ0) is 12.8. The van der Waals surface area contributed by atoms with Crippen LogP contribution in [0.15, 0.2) is 22.7 Å². The Morgan fingerprint density at radius 3 is 2.82 bits per heavy atom. The summed E-state index contributed by atoms with van der Waals surface area (Å²) < 4.78 is 14.3. The van der Waals surface area contributed by atoms with Gasteiger partial charge in [-0.3, -0.25) is 0 Å². The van der Waals surface area contributed by atoms with E-state index in [4.69, 9.17) is 11.6 Å². The van der Waals surface area contributed by atoms with Gasteiger partial charge in [0.25, 0.3) is 0 Å².